The summed E-state index contributed by atoms with van der Waals surface area (Å²) in [6.07, 6.45) is 1.19. The van der Waals surface area contributed by atoms with Gasteiger partial charge in [0.15, 0.2) is 11.6 Å². The summed E-state index contributed by atoms with van der Waals surface area (Å²) in [6.45, 7) is 5.48. The Morgan fingerprint density at radius 1 is 1.30 bits per heavy atom. The van der Waals surface area contributed by atoms with Gasteiger partial charge in [0, 0.05) is 11.3 Å². The van der Waals surface area contributed by atoms with Crippen LogP contribution in [0.3, 0.4) is 0 Å². The van der Waals surface area contributed by atoms with Crippen LogP contribution in [0.5, 0.6) is 5.75 Å². The van der Waals surface area contributed by atoms with E-state index in [-0.39, 0.29) is 24.2 Å². The van der Waals surface area contributed by atoms with Gasteiger partial charge in [-0.15, -0.1) is 11.3 Å². The van der Waals surface area contributed by atoms with Crippen LogP contribution in [-0.2, 0) is 11.4 Å². The lowest BCUT2D eigenvalue weighted by Gasteiger charge is -2.27. The van der Waals surface area contributed by atoms with Crippen molar-refractivity contribution in [1.29, 1.82) is 0 Å². The lowest BCUT2D eigenvalue weighted by Crippen LogP contribution is -2.41. The van der Waals surface area contributed by atoms with Crippen molar-refractivity contribution in [3.8, 4) is 5.75 Å². The quantitative estimate of drug-likeness (QED) is 0.698. The van der Waals surface area contributed by atoms with Crippen molar-refractivity contribution >= 4 is 23.2 Å². The summed E-state index contributed by atoms with van der Waals surface area (Å²) in [4.78, 5) is 31.2. The molecule has 162 valence electrons. The van der Waals surface area contributed by atoms with E-state index in [1.54, 1.807) is 0 Å². The van der Waals surface area contributed by atoms with Gasteiger partial charge in [-0.2, -0.15) is 0 Å². The molecule has 1 aromatic carbocycles. The van der Waals surface area contributed by atoms with E-state index in [1.807, 2.05) is 26.3 Å². The Labute approximate surface area is 178 Å². The third-order valence-electron chi connectivity index (χ3n) is 5.12. The fraction of sp³-hybridized carbons (Fsp3) is 0.476. The number of piperidine rings is 1. The van der Waals surface area contributed by atoms with Crippen molar-refractivity contribution < 1.29 is 23.1 Å². The van der Waals surface area contributed by atoms with E-state index in [0.29, 0.717) is 17.8 Å². The molecule has 0 radical (unpaired) electrons. The normalized spacial score (nSPS) is 15.4. The van der Waals surface area contributed by atoms with Crippen molar-refractivity contribution in [1.82, 2.24) is 15.2 Å². The van der Waals surface area contributed by atoms with Crippen molar-refractivity contribution in [2.45, 2.75) is 39.2 Å². The highest BCUT2D eigenvalue weighted by Gasteiger charge is 2.28. The molecule has 2 amide bonds. The van der Waals surface area contributed by atoms with Gasteiger partial charge in [0.1, 0.15) is 23.0 Å². The van der Waals surface area contributed by atoms with E-state index in [4.69, 9.17) is 4.74 Å². The lowest BCUT2D eigenvalue weighted by atomic mass is 9.96. The standard InChI is InChI=1S/C21H25F2N3O3S/c1-12(2)15-11-30-17(24-15)10-29-16-5-4-14(22)18(19(16)23)21(28)25-20(27)13-6-8-26(3)9-7-13/h4-5,11-13H,6-10H2,1-3H3,(H,25,27,28). The fourth-order valence-electron chi connectivity index (χ4n) is 3.20. The molecule has 0 unspecified atom stereocenters. The average molecular weight is 438 g/mol. The largest absolute Gasteiger partial charge is 0.483 e. The number of aromatic nitrogens is 1. The van der Waals surface area contributed by atoms with Gasteiger partial charge in [-0.05, 0) is 51.0 Å². The predicted molar refractivity (Wildman–Crippen MR) is 110 cm³/mol. The van der Waals surface area contributed by atoms with Crippen LogP contribution in [0.25, 0.3) is 0 Å². The molecule has 1 N–H and O–H groups in total. The number of imide groups is 1. The number of nitrogens with one attached hydrogen (secondary N) is 1. The zero-order chi connectivity index (χ0) is 21.8. The molecule has 0 bridgehead atoms. The fourth-order valence-corrected chi connectivity index (χ4v) is 4.06. The third kappa shape index (κ3) is 5.20. The van der Waals surface area contributed by atoms with Gasteiger partial charge in [-0.1, -0.05) is 13.8 Å². The molecule has 0 saturated carbocycles. The van der Waals surface area contributed by atoms with Gasteiger partial charge in [0.25, 0.3) is 5.91 Å². The number of hydrogen-bond donors (Lipinski definition) is 1. The molecule has 2 aromatic rings. The first-order chi connectivity index (χ1) is 14.3. The molecule has 1 aliphatic rings. The van der Waals surface area contributed by atoms with Crippen molar-refractivity contribution in [3.05, 3.63) is 45.4 Å². The molecule has 1 saturated heterocycles. The Kier molecular flexibility index (Phi) is 7.14. The number of carbonyl (C=O) groups excluding carboxylic acids is 2. The minimum Gasteiger partial charge on any atom is -0.483 e. The number of ether oxygens (including phenoxy) is 1. The lowest BCUT2D eigenvalue weighted by molar-refractivity contribution is -0.125. The van der Waals surface area contributed by atoms with Crippen molar-refractivity contribution in [2.24, 2.45) is 5.92 Å². The highest BCUT2D eigenvalue weighted by atomic mass is 32.1. The van der Waals surface area contributed by atoms with E-state index in [0.717, 1.165) is 30.9 Å². The number of hydrogen-bond acceptors (Lipinski definition) is 6. The Morgan fingerprint density at radius 2 is 2.00 bits per heavy atom. The summed E-state index contributed by atoms with van der Waals surface area (Å²) in [5, 5.41) is 4.68. The van der Waals surface area contributed by atoms with Gasteiger partial charge in [0.2, 0.25) is 5.91 Å². The number of nitrogens with zero attached hydrogens (tertiary/aromatic N) is 2. The molecule has 0 aliphatic carbocycles. The van der Waals surface area contributed by atoms with E-state index in [2.05, 4.69) is 15.2 Å². The van der Waals surface area contributed by atoms with E-state index < -0.39 is 29.0 Å². The summed E-state index contributed by atoms with van der Waals surface area (Å²) in [5.74, 6) is -4.16. The molecule has 1 fully saturated rings. The Morgan fingerprint density at radius 3 is 2.63 bits per heavy atom. The van der Waals surface area contributed by atoms with E-state index >= 15 is 0 Å². The molecule has 30 heavy (non-hydrogen) atoms. The molecular weight excluding hydrogens is 412 g/mol. The maximum Gasteiger partial charge on any atom is 0.263 e. The Balaban J connectivity index is 1.68. The Hall–Kier alpha value is -2.39. The van der Waals surface area contributed by atoms with Crippen LogP contribution in [0.1, 0.15) is 53.7 Å². The number of rotatable bonds is 6. The highest BCUT2D eigenvalue weighted by Crippen LogP contribution is 2.26. The highest BCUT2D eigenvalue weighted by molar-refractivity contribution is 7.09. The minimum absolute atomic E-state index is 0.00444. The number of carbonyl (C=O) groups is 2. The second-order valence-corrected chi connectivity index (χ2v) is 8.68. The monoisotopic (exact) mass is 437 g/mol. The molecule has 1 aromatic heterocycles. The Bertz CT molecular complexity index is 924. The third-order valence-corrected chi connectivity index (χ3v) is 5.96. The number of thiazole rings is 1. The van der Waals surface area contributed by atoms with Crippen LogP contribution in [-0.4, -0.2) is 41.8 Å². The van der Waals surface area contributed by atoms with Crippen molar-refractivity contribution in [3.63, 3.8) is 0 Å². The zero-order valence-electron chi connectivity index (χ0n) is 17.2. The van der Waals surface area contributed by atoms with Gasteiger partial charge < -0.3 is 9.64 Å². The first-order valence-corrected chi connectivity index (χ1v) is 10.7. The second-order valence-electron chi connectivity index (χ2n) is 7.74. The molecule has 0 atom stereocenters. The first kappa shape index (κ1) is 22.3. The van der Waals surface area contributed by atoms with Crippen LogP contribution in [0.2, 0.25) is 0 Å². The predicted octanol–water partition coefficient (Wildman–Crippen LogP) is 3.72. The molecule has 0 spiro atoms. The maximum absolute atomic E-state index is 14.8. The zero-order valence-corrected chi connectivity index (χ0v) is 18.0. The summed E-state index contributed by atoms with van der Waals surface area (Å²) in [6, 6.07) is 2.08. The number of amides is 2. The molecule has 2 heterocycles. The molecule has 3 rings (SSSR count). The first-order valence-electron chi connectivity index (χ1n) is 9.85. The van der Waals surface area contributed by atoms with Crippen LogP contribution < -0.4 is 10.1 Å². The molecule has 9 heteroatoms. The van der Waals surface area contributed by atoms with Crippen LogP contribution in [0.4, 0.5) is 8.78 Å². The van der Waals surface area contributed by atoms with Gasteiger partial charge in [0.05, 0.1) is 5.69 Å². The summed E-state index contributed by atoms with van der Waals surface area (Å²) in [5.41, 5.74) is 0.0847. The summed E-state index contributed by atoms with van der Waals surface area (Å²) >= 11 is 1.38. The molecular formula is C21H25F2N3O3S. The van der Waals surface area contributed by atoms with Crippen LogP contribution in [0, 0.1) is 17.6 Å². The minimum atomic E-state index is -1.13. The average Bonchev–Trinajstić information content (AvgIpc) is 3.17. The second kappa shape index (κ2) is 9.61. The number of halogens is 2. The summed E-state index contributed by atoms with van der Waals surface area (Å²) in [7, 11) is 1.95. The summed E-state index contributed by atoms with van der Waals surface area (Å²) < 4.78 is 34.4. The number of likely N-dealkylation sites (tertiary alicyclic amines) is 1. The van der Waals surface area contributed by atoms with E-state index in [9.17, 15) is 18.4 Å². The van der Waals surface area contributed by atoms with E-state index in [1.165, 1.54) is 11.3 Å². The van der Waals surface area contributed by atoms with Gasteiger partial charge in [-0.25, -0.2) is 13.8 Å². The topological polar surface area (TPSA) is 71.5 Å². The molecule has 1 aliphatic heterocycles. The smallest absolute Gasteiger partial charge is 0.263 e. The molecule has 6 nitrogen and oxygen atoms in total. The SMILES string of the molecule is CC(C)c1csc(COc2ccc(F)c(C(=O)NC(=O)C3CCN(C)CC3)c2F)n1. The maximum atomic E-state index is 14.8. The van der Waals surface area contributed by atoms with Crippen molar-refractivity contribution in [2.75, 3.05) is 20.1 Å². The van der Waals surface area contributed by atoms with Crippen LogP contribution >= 0.6 is 11.3 Å². The van der Waals surface area contributed by atoms with Crippen LogP contribution in [0.15, 0.2) is 17.5 Å². The van der Waals surface area contributed by atoms with Gasteiger partial charge >= 0.3 is 0 Å². The van der Waals surface area contributed by atoms with Gasteiger partial charge in [-0.3, -0.25) is 14.9 Å². The number of benzene rings is 1.